The van der Waals surface area contributed by atoms with Crippen molar-refractivity contribution in [1.82, 2.24) is 19.9 Å². The van der Waals surface area contributed by atoms with Crippen molar-refractivity contribution < 1.29 is 0 Å². The second kappa shape index (κ2) is 13.4. The van der Waals surface area contributed by atoms with Gasteiger partial charge in [-0.1, -0.05) is 146 Å². The smallest absolute Gasteiger partial charge is 0.0979 e. The van der Waals surface area contributed by atoms with E-state index in [1.807, 2.05) is 48.8 Å². The fraction of sp³-hybridized carbons (Fsp3) is 0. The Labute approximate surface area is 313 Å². The normalized spacial score (nSPS) is 11.3. The number of rotatable bonds is 6. The summed E-state index contributed by atoms with van der Waals surface area (Å²) in [6.07, 6.45) is 7.41. The molecule has 10 aromatic rings. The summed E-state index contributed by atoms with van der Waals surface area (Å²) >= 11 is 0. The molecule has 0 radical (unpaired) electrons. The van der Waals surface area contributed by atoms with Crippen molar-refractivity contribution in [2.75, 3.05) is 0 Å². The van der Waals surface area contributed by atoms with Gasteiger partial charge in [0, 0.05) is 35.9 Å². The van der Waals surface area contributed by atoms with Crippen molar-refractivity contribution in [1.29, 1.82) is 0 Å². The van der Waals surface area contributed by atoms with E-state index in [4.69, 9.17) is 9.97 Å². The SMILES string of the molecule is c1cncc(-c2ccc(-c3ccc(-c4nc5ccccc5nc4-c4ccc(-c5ccc(-c6cccnc6)cc5)c5ccccc45)c4ccccc34)cc2)c1. The predicted octanol–water partition coefficient (Wildman–Crippen LogP) is 12.7. The molecule has 0 aliphatic carbocycles. The average Bonchev–Trinajstić information content (AvgIpc) is 3.26. The van der Waals surface area contributed by atoms with Crippen LogP contribution in [0.1, 0.15) is 0 Å². The third-order valence-corrected chi connectivity index (χ3v) is 10.3. The monoisotopic (exact) mass is 688 g/mol. The zero-order valence-corrected chi connectivity index (χ0v) is 29.3. The lowest BCUT2D eigenvalue weighted by atomic mass is 9.89. The molecule has 0 amide bonds. The molecule has 0 atom stereocenters. The molecule has 0 spiro atoms. The largest absolute Gasteiger partial charge is 0.264 e. The summed E-state index contributed by atoms with van der Waals surface area (Å²) in [4.78, 5) is 19.4. The maximum absolute atomic E-state index is 5.37. The molecule has 3 aromatic heterocycles. The van der Waals surface area contributed by atoms with Crippen LogP contribution >= 0.6 is 0 Å². The highest BCUT2D eigenvalue weighted by Crippen LogP contribution is 2.42. The maximum Gasteiger partial charge on any atom is 0.0979 e. The van der Waals surface area contributed by atoms with E-state index in [-0.39, 0.29) is 0 Å². The van der Waals surface area contributed by atoms with Crippen LogP contribution in [0.2, 0.25) is 0 Å². The van der Waals surface area contributed by atoms with E-state index in [1.54, 1.807) is 12.4 Å². The summed E-state index contributed by atoms with van der Waals surface area (Å²) in [5, 5.41) is 4.60. The van der Waals surface area contributed by atoms with Crippen molar-refractivity contribution in [2.45, 2.75) is 0 Å². The quantitative estimate of drug-likeness (QED) is 0.174. The van der Waals surface area contributed by atoms with Gasteiger partial charge in [-0.25, -0.2) is 9.97 Å². The van der Waals surface area contributed by atoms with Crippen molar-refractivity contribution in [3.05, 3.63) is 195 Å². The Hall–Kier alpha value is -7.30. The predicted molar refractivity (Wildman–Crippen MR) is 223 cm³/mol. The van der Waals surface area contributed by atoms with E-state index in [9.17, 15) is 0 Å². The molecule has 0 aliphatic heterocycles. The first-order valence-electron chi connectivity index (χ1n) is 18.1. The zero-order valence-electron chi connectivity index (χ0n) is 29.3. The number of hydrogen-bond donors (Lipinski definition) is 0. The van der Waals surface area contributed by atoms with Gasteiger partial charge in [0.25, 0.3) is 0 Å². The second-order valence-electron chi connectivity index (χ2n) is 13.5. The number of para-hydroxylation sites is 2. The van der Waals surface area contributed by atoms with E-state index in [0.29, 0.717) is 0 Å². The standard InChI is InChI=1S/C50H32N4/c1-3-13-43-41(11-1)39(35-21-17-33(18-22-35)37-9-7-29-51-31-37)25-27-45(43)49-50(54-48-16-6-5-15-47(48)53-49)46-28-26-40(42-12-2-4-14-44(42)46)36-23-19-34(20-24-36)38-10-8-30-52-32-38/h1-32H. The number of fused-ring (bicyclic) bond motifs is 3. The Bertz CT molecular complexity index is 2750. The van der Waals surface area contributed by atoms with Crippen LogP contribution in [0.4, 0.5) is 0 Å². The van der Waals surface area contributed by atoms with Crippen molar-refractivity contribution in [2.24, 2.45) is 0 Å². The van der Waals surface area contributed by atoms with Gasteiger partial charge in [0.2, 0.25) is 0 Å². The molecule has 0 bridgehead atoms. The molecular formula is C50H32N4. The summed E-state index contributed by atoms with van der Waals surface area (Å²) in [6, 6.07) is 59.9. The molecule has 0 saturated carbocycles. The number of pyridine rings is 2. The Morgan fingerprint density at radius 2 is 0.611 bits per heavy atom. The molecule has 54 heavy (non-hydrogen) atoms. The molecule has 0 saturated heterocycles. The summed E-state index contributed by atoms with van der Waals surface area (Å²) in [7, 11) is 0. The van der Waals surface area contributed by atoms with Crippen LogP contribution in [0.5, 0.6) is 0 Å². The van der Waals surface area contributed by atoms with Gasteiger partial charge < -0.3 is 0 Å². The van der Waals surface area contributed by atoms with Crippen LogP contribution in [0.15, 0.2) is 195 Å². The lowest BCUT2D eigenvalue weighted by molar-refractivity contribution is 1.30. The van der Waals surface area contributed by atoms with E-state index in [1.165, 1.54) is 21.9 Å². The zero-order chi connectivity index (χ0) is 35.8. The number of hydrogen-bond acceptors (Lipinski definition) is 4. The topological polar surface area (TPSA) is 51.6 Å². The first kappa shape index (κ1) is 31.4. The number of aromatic nitrogens is 4. The molecule has 0 aliphatic rings. The van der Waals surface area contributed by atoms with Crippen molar-refractivity contribution in [3.8, 4) is 67.0 Å². The summed E-state index contributed by atoms with van der Waals surface area (Å²) in [5.41, 5.74) is 14.7. The van der Waals surface area contributed by atoms with Crippen LogP contribution < -0.4 is 0 Å². The van der Waals surface area contributed by atoms with E-state index in [0.717, 1.165) is 77.7 Å². The fourth-order valence-corrected chi connectivity index (χ4v) is 7.64. The fourth-order valence-electron chi connectivity index (χ4n) is 7.64. The van der Waals surface area contributed by atoms with E-state index < -0.39 is 0 Å². The van der Waals surface area contributed by atoms with Crippen LogP contribution in [0.3, 0.4) is 0 Å². The molecule has 7 aromatic carbocycles. The van der Waals surface area contributed by atoms with Crippen LogP contribution in [-0.4, -0.2) is 19.9 Å². The highest BCUT2D eigenvalue weighted by molar-refractivity contribution is 6.10. The third-order valence-electron chi connectivity index (χ3n) is 10.3. The highest BCUT2D eigenvalue weighted by Gasteiger charge is 2.20. The molecule has 0 N–H and O–H groups in total. The number of nitrogens with zero attached hydrogens (tertiary/aromatic N) is 4. The first-order chi connectivity index (χ1) is 26.8. The van der Waals surface area contributed by atoms with Crippen molar-refractivity contribution >= 4 is 32.6 Å². The van der Waals surface area contributed by atoms with Gasteiger partial charge in [0.05, 0.1) is 22.4 Å². The lowest BCUT2D eigenvalue weighted by Crippen LogP contribution is -1.98. The Morgan fingerprint density at radius 3 is 1.00 bits per heavy atom. The molecule has 3 heterocycles. The minimum atomic E-state index is 0.863. The Morgan fingerprint density at radius 1 is 0.259 bits per heavy atom. The molecule has 0 unspecified atom stereocenters. The summed E-state index contributed by atoms with van der Waals surface area (Å²) < 4.78 is 0. The van der Waals surface area contributed by atoms with E-state index in [2.05, 4.69) is 143 Å². The molecule has 4 heteroatoms. The molecule has 10 rings (SSSR count). The molecule has 4 nitrogen and oxygen atoms in total. The molecular weight excluding hydrogens is 657 g/mol. The van der Waals surface area contributed by atoms with Gasteiger partial charge >= 0.3 is 0 Å². The summed E-state index contributed by atoms with van der Waals surface area (Å²) in [6.45, 7) is 0. The lowest BCUT2D eigenvalue weighted by Gasteiger charge is -2.17. The molecule has 0 fully saturated rings. The van der Waals surface area contributed by atoms with Gasteiger partial charge in [-0.15, -0.1) is 0 Å². The van der Waals surface area contributed by atoms with Crippen LogP contribution in [0, 0.1) is 0 Å². The second-order valence-corrected chi connectivity index (χ2v) is 13.5. The van der Waals surface area contributed by atoms with Gasteiger partial charge in [0.1, 0.15) is 0 Å². The Kier molecular flexibility index (Phi) is 7.77. The van der Waals surface area contributed by atoms with Gasteiger partial charge in [0.15, 0.2) is 0 Å². The van der Waals surface area contributed by atoms with Crippen molar-refractivity contribution in [3.63, 3.8) is 0 Å². The van der Waals surface area contributed by atoms with Gasteiger partial charge in [-0.2, -0.15) is 0 Å². The number of benzene rings is 7. The third kappa shape index (κ3) is 5.58. The summed E-state index contributed by atoms with van der Waals surface area (Å²) in [5.74, 6) is 0. The van der Waals surface area contributed by atoms with Gasteiger partial charge in [-0.3, -0.25) is 9.97 Å². The minimum absolute atomic E-state index is 0.863. The highest BCUT2D eigenvalue weighted by atomic mass is 14.8. The average molecular weight is 689 g/mol. The minimum Gasteiger partial charge on any atom is -0.264 e. The molecule has 252 valence electrons. The van der Waals surface area contributed by atoms with Crippen LogP contribution in [-0.2, 0) is 0 Å². The van der Waals surface area contributed by atoms with Crippen LogP contribution in [0.25, 0.3) is 99.6 Å². The van der Waals surface area contributed by atoms with Gasteiger partial charge in [-0.05, 0) is 90.3 Å². The first-order valence-corrected chi connectivity index (χ1v) is 18.1. The maximum atomic E-state index is 5.37. The van der Waals surface area contributed by atoms with E-state index >= 15 is 0 Å². The Balaban J connectivity index is 1.13.